The van der Waals surface area contributed by atoms with E-state index < -0.39 is 23.9 Å². The Morgan fingerprint density at radius 2 is 1.69 bits per heavy atom. The molecule has 0 radical (unpaired) electrons. The normalized spacial score (nSPS) is 16.5. The molecule has 2 unspecified atom stereocenters. The fraction of sp³-hybridized carbons (Fsp3) is 0.385. The quantitative estimate of drug-likeness (QED) is 0.503. The summed E-state index contributed by atoms with van der Waals surface area (Å²) in [5.41, 5.74) is 6.95. The number of nitrogens with two attached hydrogens (primary N) is 1. The number of nitrogens with one attached hydrogen (secondary N) is 1. The number of amides is 4. The Hall–Kier alpha value is -3.46. The van der Waals surface area contributed by atoms with E-state index in [9.17, 15) is 23.6 Å². The van der Waals surface area contributed by atoms with Crippen LogP contribution in [0.3, 0.4) is 0 Å². The molecule has 2 aromatic carbocycles. The molecule has 10 heteroatoms. The third-order valence-corrected chi connectivity index (χ3v) is 6.57. The number of aryl methyl sites for hydroxylation is 1. The molecule has 2 atom stereocenters. The molecule has 192 valence electrons. The van der Waals surface area contributed by atoms with Crippen LogP contribution in [-0.4, -0.2) is 65.6 Å². The van der Waals surface area contributed by atoms with Gasteiger partial charge < -0.3 is 20.9 Å². The average molecular weight is 517 g/mol. The third-order valence-electron chi connectivity index (χ3n) is 6.32. The first-order chi connectivity index (χ1) is 17.2. The van der Waals surface area contributed by atoms with Gasteiger partial charge in [-0.3, -0.25) is 19.2 Å². The van der Waals surface area contributed by atoms with Gasteiger partial charge in [0.1, 0.15) is 17.9 Å². The largest absolute Gasteiger partial charge is 0.370 e. The lowest BCUT2D eigenvalue weighted by Crippen LogP contribution is -2.63. The number of nitrogens with zero attached hydrogens (tertiary/aromatic N) is 2. The van der Waals surface area contributed by atoms with Crippen LogP contribution in [0.2, 0.25) is 5.02 Å². The van der Waals surface area contributed by atoms with Gasteiger partial charge >= 0.3 is 0 Å². The molecule has 1 saturated heterocycles. The van der Waals surface area contributed by atoms with Crippen molar-refractivity contribution in [1.82, 2.24) is 15.1 Å². The van der Waals surface area contributed by atoms with Crippen molar-refractivity contribution in [2.24, 2.45) is 5.73 Å². The van der Waals surface area contributed by atoms with Crippen LogP contribution in [-0.2, 0) is 32.0 Å². The van der Waals surface area contributed by atoms with Gasteiger partial charge in [-0.05, 0) is 48.2 Å². The fourth-order valence-electron chi connectivity index (χ4n) is 4.37. The predicted octanol–water partition coefficient (Wildman–Crippen LogP) is 2.07. The van der Waals surface area contributed by atoms with Crippen LogP contribution in [0.4, 0.5) is 4.39 Å². The number of primary amides is 1. The standard InChI is InChI=1S/C26H30ClFN4O4/c1-30-25(35)22(16-18-2-7-19(27)8-3-18)32-15-14-31(21(26(32)36)11-12-23(29)33)24(34)13-6-17-4-9-20(28)10-5-17/h2-5,7-10,21-22H,6,11-16H2,1H3,(H2,29,33)(H,30,35). The van der Waals surface area contributed by atoms with E-state index in [0.29, 0.717) is 11.4 Å². The Morgan fingerprint density at radius 1 is 1.06 bits per heavy atom. The number of piperazine rings is 1. The van der Waals surface area contributed by atoms with E-state index in [-0.39, 0.29) is 56.4 Å². The number of hydrogen-bond acceptors (Lipinski definition) is 4. The Kier molecular flexibility index (Phi) is 9.41. The third kappa shape index (κ3) is 7.04. The van der Waals surface area contributed by atoms with Crippen molar-refractivity contribution in [3.63, 3.8) is 0 Å². The number of rotatable bonds is 10. The maximum atomic E-state index is 13.6. The van der Waals surface area contributed by atoms with Crippen molar-refractivity contribution < 1.29 is 23.6 Å². The molecule has 0 spiro atoms. The maximum absolute atomic E-state index is 13.6. The second-order valence-corrected chi connectivity index (χ2v) is 9.16. The molecule has 1 aliphatic rings. The minimum Gasteiger partial charge on any atom is -0.370 e. The summed E-state index contributed by atoms with van der Waals surface area (Å²) < 4.78 is 13.2. The Labute approximate surface area is 214 Å². The van der Waals surface area contributed by atoms with Crippen LogP contribution in [0.5, 0.6) is 0 Å². The SMILES string of the molecule is CNC(=O)C(Cc1ccc(Cl)cc1)N1CCN(C(=O)CCc2ccc(F)cc2)C(CCC(N)=O)C1=O. The molecule has 2 aromatic rings. The summed E-state index contributed by atoms with van der Waals surface area (Å²) in [7, 11) is 1.50. The molecule has 36 heavy (non-hydrogen) atoms. The van der Waals surface area contributed by atoms with Crippen molar-refractivity contribution in [2.75, 3.05) is 20.1 Å². The highest BCUT2D eigenvalue weighted by Crippen LogP contribution is 2.22. The number of carbonyl (C=O) groups excluding carboxylic acids is 4. The lowest BCUT2D eigenvalue weighted by Gasteiger charge is -2.43. The van der Waals surface area contributed by atoms with Gasteiger partial charge in [0.05, 0.1) is 0 Å². The first-order valence-corrected chi connectivity index (χ1v) is 12.2. The molecule has 1 aliphatic heterocycles. The molecule has 0 aromatic heterocycles. The molecule has 0 bridgehead atoms. The highest BCUT2D eigenvalue weighted by molar-refractivity contribution is 6.30. The Balaban J connectivity index is 1.78. The Morgan fingerprint density at radius 3 is 2.31 bits per heavy atom. The molecule has 3 rings (SSSR count). The van der Waals surface area contributed by atoms with Gasteiger partial charge in [-0.2, -0.15) is 0 Å². The summed E-state index contributed by atoms with van der Waals surface area (Å²) in [5, 5.41) is 3.18. The highest BCUT2D eigenvalue weighted by atomic mass is 35.5. The molecule has 1 fully saturated rings. The van der Waals surface area contributed by atoms with Crippen molar-refractivity contribution in [2.45, 2.75) is 44.2 Å². The molecule has 4 amide bonds. The second kappa shape index (κ2) is 12.5. The first-order valence-electron chi connectivity index (χ1n) is 11.8. The van der Waals surface area contributed by atoms with Gasteiger partial charge in [0, 0.05) is 44.4 Å². The summed E-state index contributed by atoms with van der Waals surface area (Å²) >= 11 is 5.97. The van der Waals surface area contributed by atoms with Gasteiger partial charge in [0.15, 0.2) is 0 Å². The van der Waals surface area contributed by atoms with E-state index in [1.165, 1.54) is 29.0 Å². The molecule has 1 heterocycles. The molecular formula is C26H30ClFN4O4. The van der Waals surface area contributed by atoms with E-state index in [0.717, 1.165) is 11.1 Å². The van der Waals surface area contributed by atoms with Gasteiger partial charge in [-0.25, -0.2) is 4.39 Å². The zero-order valence-electron chi connectivity index (χ0n) is 20.1. The van der Waals surface area contributed by atoms with E-state index in [1.54, 1.807) is 36.4 Å². The van der Waals surface area contributed by atoms with Gasteiger partial charge in [0.25, 0.3) is 0 Å². The Bertz CT molecular complexity index is 1090. The van der Waals surface area contributed by atoms with E-state index in [4.69, 9.17) is 17.3 Å². The average Bonchev–Trinajstić information content (AvgIpc) is 2.86. The zero-order valence-corrected chi connectivity index (χ0v) is 20.8. The van der Waals surface area contributed by atoms with E-state index in [1.807, 2.05) is 0 Å². The number of likely N-dealkylation sites (N-methyl/N-ethyl adjacent to an activating group) is 1. The van der Waals surface area contributed by atoms with Crippen molar-refractivity contribution in [1.29, 1.82) is 0 Å². The van der Waals surface area contributed by atoms with Gasteiger partial charge in [-0.15, -0.1) is 0 Å². The summed E-state index contributed by atoms with van der Waals surface area (Å²) in [6.07, 6.45) is 0.759. The topological polar surface area (TPSA) is 113 Å². The zero-order chi connectivity index (χ0) is 26.2. The summed E-state index contributed by atoms with van der Waals surface area (Å²) in [4.78, 5) is 53.9. The number of carbonyl (C=O) groups is 4. The lowest BCUT2D eigenvalue weighted by molar-refractivity contribution is -0.156. The maximum Gasteiger partial charge on any atom is 0.246 e. The van der Waals surface area contributed by atoms with Gasteiger partial charge in [0.2, 0.25) is 23.6 Å². The van der Waals surface area contributed by atoms with Crippen LogP contribution in [0.25, 0.3) is 0 Å². The lowest BCUT2D eigenvalue weighted by atomic mass is 9.98. The predicted molar refractivity (Wildman–Crippen MR) is 133 cm³/mol. The van der Waals surface area contributed by atoms with E-state index >= 15 is 0 Å². The van der Waals surface area contributed by atoms with Gasteiger partial charge in [-0.1, -0.05) is 35.9 Å². The summed E-state index contributed by atoms with van der Waals surface area (Å²) in [6.45, 7) is 0.380. The second-order valence-electron chi connectivity index (χ2n) is 8.73. The van der Waals surface area contributed by atoms with Crippen molar-refractivity contribution in [3.05, 3.63) is 70.5 Å². The first kappa shape index (κ1) is 27.1. The minimum atomic E-state index is -0.913. The number of benzene rings is 2. The minimum absolute atomic E-state index is 0.0639. The summed E-state index contributed by atoms with van der Waals surface area (Å²) in [5.74, 6) is -1.93. The molecule has 8 nitrogen and oxygen atoms in total. The smallest absolute Gasteiger partial charge is 0.246 e. The summed E-state index contributed by atoms with van der Waals surface area (Å²) in [6, 6.07) is 11.2. The van der Waals surface area contributed by atoms with Crippen LogP contribution in [0.15, 0.2) is 48.5 Å². The fourth-order valence-corrected chi connectivity index (χ4v) is 4.50. The number of hydrogen-bond donors (Lipinski definition) is 2. The molecule has 0 aliphatic carbocycles. The molecular weight excluding hydrogens is 487 g/mol. The van der Waals surface area contributed by atoms with Crippen molar-refractivity contribution >= 4 is 35.2 Å². The highest BCUT2D eigenvalue weighted by Gasteiger charge is 2.41. The van der Waals surface area contributed by atoms with Crippen LogP contribution < -0.4 is 11.1 Å². The van der Waals surface area contributed by atoms with Crippen LogP contribution in [0.1, 0.15) is 30.4 Å². The monoisotopic (exact) mass is 516 g/mol. The molecule has 0 saturated carbocycles. The number of halogens is 2. The van der Waals surface area contributed by atoms with E-state index in [2.05, 4.69) is 5.32 Å². The van der Waals surface area contributed by atoms with Crippen LogP contribution >= 0.6 is 11.6 Å². The van der Waals surface area contributed by atoms with Crippen molar-refractivity contribution in [3.8, 4) is 0 Å². The van der Waals surface area contributed by atoms with Crippen LogP contribution in [0, 0.1) is 5.82 Å². The molecule has 3 N–H and O–H groups in total.